The highest BCUT2D eigenvalue weighted by Crippen LogP contribution is 2.21. The third kappa shape index (κ3) is 3.45. The number of imidazole rings is 1. The molecule has 3 aromatic rings. The van der Waals surface area contributed by atoms with E-state index in [1.165, 1.54) is 0 Å². The number of methoxy groups -OCH3 is 1. The molecule has 140 valence electrons. The highest BCUT2D eigenvalue weighted by Gasteiger charge is 2.21. The summed E-state index contributed by atoms with van der Waals surface area (Å²) in [6, 6.07) is 9.90. The van der Waals surface area contributed by atoms with E-state index in [9.17, 15) is 4.79 Å². The molecule has 2 aromatic heterocycles. The Kier molecular flexibility index (Phi) is 4.66. The fourth-order valence-electron chi connectivity index (χ4n) is 3.49. The van der Waals surface area contributed by atoms with Gasteiger partial charge in [-0.15, -0.1) is 0 Å². The van der Waals surface area contributed by atoms with E-state index in [0.717, 1.165) is 48.7 Å². The molecule has 0 unspecified atom stereocenters. The Morgan fingerprint density at radius 1 is 1.07 bits per heavy atom. The summed E-state index contributed by atoms with van der Waals surface area (Å²) in [4.78, 5) is 25.9. The average molecular weight is 365 g/mol. The Hall–Kier alpha value is -3.09. The monoisotopic (exact) mass is 365 g/mol. The zero-order valence-electron chi connectivity index (χ0n) is 15.6. The second-order valence-electron chi connectivity index (χ2n) is 6.75. The van der Waals surface area contributed by atoms with Gasteiger partial charge in [0.05, 0.1) is 19.0 Å². The number of hydrogen-bond acceptors (Lipinski definition) is 5. The van der Waals surface area contributed by atoms with Crippen LogP contribution in [0.4, 0.5) is 5.69 Å². The van der Waals surface area contributed by atoms with Crippen LogP contribution in [-0.4, -0.2) is 58.6 Å². The Morgan fingerprint density at radius 3 is 2.67 bits per heavy atom. The van der Waals surface area contributed by atoms with E-state index in [-0.39, 0.29) is 5.91 Å². The van der Waals surface area contributed by atoms with E-state index in [0.29, 0.717) is 12.1 Å². The molecule has 1 saturated heterocycles. The van der Waals surface area contributed by atoms with Gasteiger partial charge in [-0.2, -0.15) is 0 Å². The Morgan fingerprint density at radius 2 is 1.89 bits per heavy atom. The van der Waals surface area contributed by atoms with Gasteiger partial charge in [-0.25, -0.2) is 9.97 Å². The summed E-state index contributed by atoms with van der Waals surface area (Å²) in [5.41, 5.74) is 3.28. The number of carbonyl (C=O) groups is 1. The van der Waals surface area contributed by atoms with Crippen LogP contribution in [0.3, 0.4) is 0 Å². The summed E-state index contributed by atoms with van der Waals surface area (Å²) < 4.78 is 7.08. The molecule has 0 spiro atoms. The van der Waals surface area contributed by atoms with Crippen LogP contribution < -0.4 is 9.64 Å². The third-order valence-corrected chi connectivity index (χ3v) is 5.02. The summed E-state index contributed by atoms with van der Waals surface area (Å²) in [5.74, 6) is 0.870. The highest BCUT2D eigenvalue weighted by molar-refractivity contribution is 5.96. The van der Waals surface area contributed by atoms with Crippen molar-refractivity contribution in [1.29, 1.82) is 0 Å². The molecule has 4 rings (SSSR count). The molecule has 0 saturated carbocycles. The maximum Gasteiger partial charge on any atom is 0.255 e. The van der Waals surface area contributed by atoms with Gasteiger partial charge in [-0.1, -0.05) is 0 Å². The van der Waals surface area contributed by atoms with Gasteiger partial charge >= 0.3 is 0 Å². The summed E-state index contributed by atoms with van der Waals surface area (Å²) in [6.45, 7) is 3.15. The summed E-state index contributed by atoms with van der Waals surface area (Å²) in [5, 5.41) is 0. The molecule has 1 aliphatic rings. The van der Waals surface area contributed by atoms with Crippen molar-refractivity contribution in [1.82, 2.24) is 19.4 Å². The number of ether oxygens (including phenoxy) is 1. The van der Waals surface area contributed by atoms with Gasteiger partial charge in [0.1, 0.15) is 11.3 Å². The van der Waals surface area contributed by atoms with Crippen LogP contribution >= 0.6 is 0 Å². The van der Waals surface area contributed by atoms with E-state index in [2.05, 4.69) is 27.0 Å². The van der Waals surface area contributed by atoms with Crippen molar-refractivity contribution in [3.05, 3.63) is 48.4 Å². The number of fused-ring (bicyclic) bond motifs is 1. The summed E-state index contributed by atoms with van der Waals surface area (Å²) in [6.07, 6.45) is 4.29. The second-order valence-corrected chi connectivity index (χ2v) is 6.75. The average Bonchev–Trinajstić information content (AvgIpc) is 2.92. The number of carbonyl (C=O) groups excluding carboxylic acids is 1. The van der Waals surface area contributed by atoms with Crippen LogP contribution in [0.1, 0.15) is 16.8 Å². The van der Waals surface area contributed by atoms with Crippen molar-refractivity contribution in [2.45, 2.75) is 6.42 Å². The molecule has 7 heteroatoms. The highest BCUT2D eigenvalue weighted by atomic mass is 16.5. The van der Waals surface area contributed by atoms with Crippen molar-refractivity contribution >= 4 is 22.8 Å². The zero-order chi connectivity index (χ0) is 18.8. The number of rotatable bonds is 3. The first kappa shape index (κ1) is 17.3. The fraction of sp³-hybridized carbons (Fsp3) is 0.350. The quantitative estimate of drug-likeness (QED) is 0.713. The molecule has 0 aliphatic carbocycles. The molecule has 7 nitrogen and oxygen atoms in total. The van der Waals surface area contributed by atoms with Crippen molar-refractivity contribution in [3.63, 3.8) is 0 Å². The number of hydrogen-bond donors (Lipinski definition) is 0. The van der Waals surface area contributed by atoms with Crippen molar-refractivity contribution < 1.29 is 9.53 Å². The maximum absolute atomic E-state index is 12.9. The van der Waals surface area contributed by atoms with Gasteiger partial charge in [0.2, 0.25) is 0 Å². The largest absolute Gasteiger partial charge is 0.497 e. The summed E-state index contributed by atoms with van der Waals surface area (Å²) in [7, 11) is 3.56. The molecule has 0 atom stereocenters. The first-order valence-electron chi connectivity index (χ1n) is 9.11. The van der Waals surface area contributed by atoms with Crippen molar-refractivity contribution in [2.24, 2.45) is 7.05 Å². The third-order valence-electron chi connectivity index (χ3n) is 5.02. The number of pyridine rings is 1. The zero-order valence-corrected chi connectivity index (χ0v) is 15.6. The molecule has 3 heterocycles. The van der Waals surface area contributed by atoms with Crippen LogP contribution in [0, 0.1) is 0 Å². The minimum Gasteiger partial charge on any atom is -0.497 e. The van der Waals surface area contributed by atoms with E-state index in [4.69, 9.17) is 4.74 Å². The van der Waals surface area contributed by atoms with Gasteiger partial charge in [0.15, 0.2) is 5.65 Å². The SMILES string of the molecule is COc1ccc(N2CCCN(C(=O)c3cnc4c(c3)ncn4C)CC2)cc1. The van der Waals surface area contributed by atoms with Crippen molar-refractivity contribution in [3.8, 4) is 5.75 Å². The molecule has 1 fully saturated rings. The Balaban J connectivity index is 1.47. The molecular formula is C20H23N5O2. The normalized spacial score (nSPS) is 15.0. The molecule has 27 heavy (non-hydrogen) atoms. The minimum absolute atomic E-state index is 0.0200. The van der Waals surface area contributed by atoms with E-state index in [1.807, 2.05) is 34.7 Å². The van der Waals surface area contributed by atoms with E-state index >= 15 is 0 Å². The van der Waals surface area contributed by atoms with Crippen LogP contribution in [0.15, 0.2) is 42.9 Å². The van der Waals surface area contributed by atoms with Crippen LogP contribution in [0.5, 0.6) is 5.75 Å². The van der Waals surface area contributed by atoms with Gasteiger partial charge in [-0.05, 0) is 36.8 Å². The predicted molar refractivity (Wildman–Crippen MR) is 104 cm³/mol. The predicted octanol–water partition coefficient (Wildman–Crippen LogP) is 2.33. The first-order chi connectivity index (χ1) is 13.2. The molecule has 1 aromatic carbocycles. The van der Waals surface area contributed by atoms with Gasteiger partial charge in [0, 0.05) is 45.1 Å². The smallest absolute Gasteiger partial charge is 0.255 e. The lowest BCUT2D eigenvalue weighted by Gasteiger charge is -2.24. The fourth-order valence-corrected chi connectivity index (χ4v) is 3.49. The number of aryl methyl sites for hydroxylation is 1. The molecule has 0 bridgehead atoms. The lowest BCUT2D eigenvalue weighted by Crippen LogP contribution is -2.35. The van der Waals surface area contributed by atoms with E-state index in [1.54, 1.807) is 19.6 Å². The number of nitrogens with zero attached hydrogens (tertiary/aromatic N) is 5. The lowest BCUT2D eigenvalue weighted by atomic mass is 10.2. The molecule has 0 N–H and O–H groups in total. The molecule has 1 aliphatic heterocycles. The Labute approximate surface area is 158 Å². The van der Waals surface area contributed by atoms with Crippen LogP contribution in [0.2, 0.25) is 0 Å². The molecule has 1 amide bonds. The number of benzene rings is 1. The summed E-state index contributed by atoms with van der Waals surface area (Å²) >= 11 is 0. The van der Waals surface area contributed by atoms with Gasteiger partial charge in [0.25, 0.3) is 5.91 Å². The first-order valence-corrected chi connectivity index (χ1v) is 9.11. The number of amides is 1. The lowest BCUT2D eigenvalue weighted by molar-refractivity contribution is 0.0767. The number of aromatic nitrogens is 3. The Bertz CT molecular complexity index is 951. The van der Waals surface area contributed by atoms with Crippen LogP contribution in [0.25, 0.3) is 11.2 Å². The molecule has 0 radical (unpaired) electrons. The van der Waals surface area contributed by atoms with Gasteiger partial charge < -0.3 is 19.1 Å². The second kappa shape index (κ2) is 7.26. The van der Waals surface area contributed by atoms with Crippen LogP contribution in [-0.2, 0) is 7.05 Å². The standard InChI is InChI=1S/C20H23N5O2/c1-23-14-22-18-12-15(13-21-19(18)23)20(26)25-9-3-8-24(10-11-25)16-4-6-17(27-2)7-5-16/h4-7,12-14H,3,8-11H2,1-2H3. The molecular weight excluding hydrogens is 342 g/mol. The van der Waals surface area contributed by atoms with Crippen molar-refractivity contribution in [2.75, 3.05) is 38.2 Å². The van der Waals surface area contributed by atoms with E-state index < -0.39 is 0 Å². The number of anilines is 1. The topological polar surface area (TPSA) is 63.5 Å². The van der Waals surface area contributed by atoms with Gasteiger partial charge in [-0.3, -0.25) is 4.79 Å². The minimum atomic E-state index is 0.0200. The maximum atomic E-state index is 12.9.